The van der Waals surface area contributed by atoms with E-state index in [4.69, 9.17) is 0 Å². The number of hydrogen-bond donors (Lipinski definition) is 0. The molecule has 2 heterocycles. The first-order valence-corrected chi connectivity index (χ1v) is 9.16. The maximum absolute atomic E-state index is 13.0. The van der Waals surface area contributed by atoms with Crippen LogP contribution in [0.2, 0.25) is 0 Å². The van der Waals surface area contributed by atoms with Crippen LogP contribution in [0.5, 0.6) is 0 Å². The summed E-state index contributed by atoms with van der Waals surface area (Å²) < 4.78 is 27.5. The Hall–Kier alpha value is -2.25. The molecule has 3 rings (SSSR count). The smallest absolute Gasteiger partial charge is 0.245 e. The second kappa shape index (κ2) is 6.70. The van der Waals surface area contributed by atoms with Gasteiger partial charge in [0.2, 0.25) is 15.9 Å². The third-order valence-electron chi connectivity index (χ3n) is 4.20. The standard InChI is InChI=1S/C17H19N3O3S/c1-14(21)19-10-11-20(17(13-19)15-6-3-2-4-7-15)24(22,23)16-8-5-9-18-12-16/h2-9,12,17H,10-11,13H2,1H3/t17-/m1/s1. The monoisotopic (exact) mass is 345 g/mol. The predicted molar refractivity (Wildman–Crippen MR) is 89.6 cm³/mol. The fourth-order valence-corrected chi connectivity index (χ4v) is 4.48. The average molecular weight is 345 g/mol. The molecule has 1 saturated heterocycles. The Balaban J connectivity index is 2.00. The van der Waals surface area contributed by atoms with Crippen molar-refractivity contribution >= 4 is 15.9 Å². The SMILES string of the molecule is CC(=O)N1CCN(S(=O)(=O)c2cccnc2)[C@@H](c2ccccc2)C1. The zero-order chi connectivity index (χ0) is 17.2. The van der Waals surface area contributed by atoms with Gasteiger partial charge in [0, 0.05) is 39.0 Å². The summed E-state index contributed by atoms with van der Waals surface area (Å²) >= 11 is 0. The zero-order valence-corrected chi connectivity index (χ0v) is 14.2. The molecule has 1 fully saturated rings. The van der Waals surface area contributed by atoms with E-state index in [1.54, 1.807) is 23.2 Å². The van der Waals surface area contributed by atoms with Gasteiger partial charge in [0.15, 0.2) is 0 Å². The van der Waals surface area contributed by atoms with E-state index in [1.807, 2.05) is 30.3 Å². The Morgan fingerprint density at radius 2 is 1.88 bits per heavy atom. The highest BCUT2D eigenvalue weighted by atomic mass is 32.2. The van der Waals surface area contributed by atoms with Gasteiger partial charge in [-0.05, 0) is 17.7 Å². The van der Waals surface area contributed by atoms with Gasteiger partial charge in [-0.1, -0.05) is 30.3 Å². The molecule has 7 heteroatoms. The fraction of sp³-hybridized carbons (Fsp3) is 0.294. The molecule has 0 N–H and O–H groups in total. The Kier molecular flexibility index (Phi) is 4.64. The van der Waals surface area contributed by atoms with E-state index in [9.17, 15) is 13.2 Å². The number of piperazine rings is 1. The molecule has 1 atom stereocenters. The number of aromatic nitrogens is 1. The minimum atomic E-state index is -3.68. The predicted octanol–water partition coefficient (Wildman–Crippen LogP) is 1.68. The largest absolute Gasteiger partial charge is 0.340 e. The Morgan fingerprint density at radius 1 is 1.12 bits per heavy atom. The molecule has 1 aromatic carbocycles. The third kappa shape index (κ3) is 3.18. The molecule has 0 radical (unpaired) electrons. The number of sulfonamides is 1. The molecular formula is C17H19N3O3S. The Bertz CT molecular complexity index is 809. The number of rotatable bonds is 3. The van der Waals surface area contributed by atoms with Crippen molar-refractivity contribution in [2.75, 3.05) is 19.6 Å². The van der Waals surface area contributed by atoms with Crippen LogP contribution in [-0.2, 0) is 14.8 Å². The minimum absolute atomic E-state index is 0.0469. The summed E-state index contributed by atoms with van der Waals surface area (Å²) in [6, 6.07) is 12.1. The van der Waals surface area contributed by atoms with Crippen molar-refractivity contribution in [3.8, 4) is 0 Å². The number of hydrogen-bond acceptors (Lipinski definition) is 4. The second-order valence-electron chi connectivity index (χ2n) is 5.70. The second-order valence-corrected chi connectivity index (χ2v) is 7.59. The van der Waals surface area contributed by atoms with Crippen LogP contribution >= 0.6 is 0 Å². The van der Waals surface area contributed by atoms with Crippen LogP contribution in [0.25, 0.3) is 0 Å². The van der Waals surface area contributed by atoms with Crippen LogP contribution in [0.15, 0.2) is 59.8 Å². The Morgan fingerprint density at radius 3 is 2.50 bits per heavy atom. The molecule has 1 amide bonds. The van der Waals surface area contributed by atoms with E-state index in [0.717, 1.165) is 5.56 Å². The van der Waals surface area contributed by atoms with Crippen LogP contribution in [0.4, 0.5) is 0 Å². The van der Waals surface area contributed by atoms with Gasteiger partial charge >= 0.3 is 0 Å². The number of pyridine rings is 1. The molecule has 126 valence electrons. The van der Waals surface area contributed by atoms with Crippen molar-refractivity contribution in [2.45, 2.75) is 17.9 Å². The summed E-state index contributed by atoms with van der Waals surface area (Å²) in [6.45, 7) is 2.50. The highest BCUT2D eigenvalue weighted by Gasteiger charge is 2.37. The summed E-state index contributed by atoms with van der Waals surface area (Å²) in [5.74, 6) is -0.0469. The number of benzene rings is 1. The zero-order valence-electron chi connectivity index (χ0n) is 13.4. The van der Waals surface area contributed by atoms with Crippen LogP contribution in [0.1, 0.15) is 18.5 Å². The summed E-state index contributed by atoms with van der Waals surface area (Å²) in [7, 11) is -3.68. The maximum Gasteiger partial charge on any atom is 0.245 e. The lowest BCUT2D eigenvalue weighted by molar-refractivity contribution is -0.131. The van der Waals surface area contributed by atoms with Crippen molar-refractivity contribution < 1.29 is 13.2 Å². The van der Waals surface area contributed by atoms with Crippen LogP contribution in [0, 0.1) is 0 Å². The van der Waals surface area contributed by atoms with Gasteiger partial charge in [-0.25, -0.2) is 8.42 Å². The van der Waals surface area contributed by atoms with Crippen molar-refractivity contribution in [2.24, 2.45) is 0 Å². The van der Waals surface area contributed by atoms with E-state index in [-0.39, 0.29) is 17.3 Å². The summed E-state index contributed by atoms with van der Waals surface area (Å²) in [6.07, 6.45) is 2.90. The van der Waals surface area contributed by atoms with E-state index < -0.39 is 16.1 Å². The van der Waals surface area contributed by atoms with Crippen LogP contribution in [0.3, 0.4) is 0 Å². The van der Waals surface area contributed by atoms with Crippen molar-refractivity contribution in [3.63, 3.8) is 0 Å². The van der Waals surface area contributed by atoms with E-state index in [0.29, 0.717) is 13.1 Å². The summed E-state index contributed by atoms with van der Waals surface area (Å²) in [5, 5.41) is 0. The first kappa shape index (κ1) is 16.6. The first-order valence-electron chi connectivity index (χ1n) is 7.72. The molecule has 1 aromatic heterocycles. The Labute approximate surface area is 141 Å². The number of carbonyl (C=O) groups excluding carboxylic acids is 1. The van der Waals surface area contributed by atoms with Crippen molar-refractivity contribution in [1.82, 2.24) is 14.2 Å². The molecule has 0 spiro atoms. The lowest BCUT2D eigenvalue weighted by atomic mass is 10.0. The molecule has 1 aliphatic rings. The molecule has 0 bridgehead atoms. The number of nitrogens with zero attached hydrogens (tertiary/aromatic N) is 3. The highest BCUT2D eigenvalue weighted by Crippen LogP contribution is 2.30. The molecule has 1 aliphatic heterocycles. The molecule has 0 aliphatic carbocycles. The quantitative estimate of drug-likeness (QED) is 0.848. The van der Waals surface area contributed by atoms with Gasteiger partial charge in [0.05, 0.1) is 6.04 Å². The van der Waals surface area contributed by atoms with E-state index in [2.05, 4.69) is 4.98 Å². The molecular weight excluding hydrogens is 326 g/mol. The third-order valence-corrected chi connectivity index (χ3v) is 6.09. The van der Waals surface area contributed by atoms with E-state index in [1.165, 1.54) is 17.4 Å². The molecule has 0 saturated carbocycles. The van der Waals surface area contributed by atoms with Crippen molar-refractivity contribution in [3.05, 3.63) is 60.4 Å². The first-order chi connectivity index (χ1) is 11.5. The topological polar surface area (TPSA) is 70.6 Å². The van der Waals surface area contributed by atoms with E-state index >= 15 is 0 Å². The highest BCUT2D eigenvalue weighted by molar-refractivity contribution is 7.89. The van der Waals surface area contributed by atoms with Gasteiger partial charge < -0.3 is 4.90 Å². The molecule has 24 heavy (non-hydrogen) atoms. The number of carbonyl (C=O) groups is 1. The normalized spacial score (nSPS) is 19.2. The maximum atomic E-state index is 13.0. The lowest BCUT2D eigenvalue weighted by Crippen LogP contribution is -2.51. The van der Waals surface area contributed by atoms with Crippen LogP contribution in [-0.4, -0.2) is 48.1 Å². The molecule has 2 aromatic rings. The fourth-order valence-electron chi connectivity index (χ4n) is 2.92. The molecule has 0 unspecified atom stereocenters. The van der Waals surface area contributed by atoms with Gasteiger partial charge in [-0.2, -0.15) is 4.31 Å². The van der Waals surface area contributed by atoms with Gasteiger partial charge in [-0.15, -0.1) is 0 Å². The van der Waals surface area contributed by atoms with Gasteiger partial charge in [0.1, 0.15) is 4.90 Å². The van der Waals surface area contributed by atoms with Gasteiger partial charge in [0.25, 0.3) is 0 Å². The lowest BCUT2D eigenvalue weighted by Gasteiger charge is -2.40. The van der Waals surface area contributed by atoms with Crippen LogP contribution < -0.4 is 0 Å². The molecule has 6 nitrogen and oxygen atoms in total. The minimum Gasteiger partial charge on any atom is -0.340 e. The average Bonchev–Trinajstić information content (AvgIpc) is 2.62. The van der Waals surface area contributed by atoms with Gasteiger partial charge in [-0.3, -0.25) is 9.78 Å². The summed E-state index contributed by atoms with van der Waals surface area (Å²) in [4.78, 5) is 17.5. The summed E-state index contributed by atoms with van der Waals surface area (Å²) in [5.41, 5.74) is 0.871. The van der Waals surface area contributed by atoms with Crippen molar-refractivity contribution in [1.29, 1.82) is 0 Å². The number of amides is 1.